The molecule has 1 fully saturated rings. The van der Waals surface area contributed by atoms with Crippen LogP contribution in [0.3, 0.4) is 0 Å². The van der Waals surface area contributed by atoms with Gasteiger partial charge in [-0.25, -0.2) is 0 Å². The Morgan fingerprint density at radius 2 is 2.05 bits per heavy atom. The molecule has 6 heteroatoms. The van der Waals surface area contributed by atoms with Crippen LogP contribution in [0.15, 0.2) is 18.2 Å². The number of nitrogens with two attached hydrogens (primary N) is 1. The Morgan fingerprint density at radius 3 is 2.68 bits per heavy atom. The van der Waals surface area contributed by atoms with Crippen LogP contribution in [-0.2, 0) is 4.74 Å². The quantitative estimate of drug-likeness (QED) is 0.590. The van der Waals surface area contributed by atoms with Crippen LogP contribution in [0.1, 0.15) is 23.2 Å². The second-order valence-electron chi connectivity index (χ2n) is 4.75. The summed E-state index contributed by atoms with van der Waals surface area (Å²) in [7, 11) is 0. The summed E-state index contributed by atoms with van der Waals surface area (Å²) in [4.78, 5) is 12.2. The van der Waals surface area contributed by atoms with Crippen LogP contribution in [0.5, 0.6) is 11.5 Å². The Morgan fingerprint density at radius 1 is 1.37 bits per heavy atom. The van der Waals surface area contributed by atoms with Crippen LogP contribution >= 0.6 is 0 Å². The fourth-order valence-electron chi connectivity index (χ4n) is 2.16. The highest BCUT2D eigenvalue weighted by Gasteiger charge is 2.33. The van der Waals surface area contributed by atoms with Crippen LogP contribution in [0.4, 0.5) is 0 Å². The van der Waals surface area contributed by atoms with Gasteiger partial charge in [0.1, 0.15) is 11.5 Å². The third kappa shape index (κ3) is 2.97. The molecule has 0 saturated carbocycles. The number of benzene rings is 1. The third-order valence-electron chi connectivity index (χ3n) is 3.44. The Bertz CT molecular complexity index is 470. The second-order valence-corrected chi connectivity index (χ2v) is 4.75. The average Bonchev–Trinajstić information content (AvgIpc) is 2.42. The lowest BCUT2D eigenvalue weighted by molar-refractivity contribution is 0.0388. The summed E-state index contributed by atoms with van der Waals surface area (Å²) in [5.41, 5.74) is 5.28. The van der Waals surface area contributed by atoms with E-state index in [9.17, 15) is 15.0 Å². The molecule has 1 aliphatic heterocycles. The zero-order valence-electron chi connectivity index (χ0n) is 10.6. The summed E-state index contributed by atoms with van der Waals surface area (Å²) in [5, 5.41) is 21.9. The summed E-state index contributed by atoms with van der Waals surface area (Å²) in [6.07, 6.45) is 1.27. The molecule has 1 aromatic carbocycles. The maximum absolute atomic E-state index is 12.2. The predicted octanol–water partition coefficient (Wildman–Crippen LogP) is 0.335. The largest absolute Gasteiger partial charge is 0.508 e. The molecular formula is C13H18N2O4. The number of amides is 1. The number of hydrogen-bond donors (Lipinski definition) is 4. The van der Waals surface area contributed by atoms with Gasteiger partial charge in [-0.15, -0.1) is 0 Å². The van der Waals surface area contributed by atoms with Gasteiger partial charge in [-0.05, 0) is 31.0 Å². The molecule has 6 nitrogen and oxygen atoms in total. The first kappa shape index (κ1) is 13.6. The van der Waals surface area contributed by atoms with Gasteiger partial charge in [-0.3, -0.25) is 4.79 Å². The zero-order valence-corrected chi connectivity index (χ0v) is 10.6. The number of phenolic OH excluding ortho intramolecular Hbond substituents is 2. The van der Waals surface area contributed by atoms with E-state index in [1.165, 1.54) is 18.2 Å². The molecule has 19 heavy (non-hydrogen) atoms. The van der Waals surface area contributed by atoms with Gasteiger partial charge in [-0.1, -0.05) is 0 Å². The van der Waals surface area contributed by atoms with Crippen LogP contribution in [-0.4, -0.2) is 41.4 Å². The van der Waals surface area contributed by atoms with Crippen molar-refractivity contribution in [1.29, 1.82) is 0 Å². The number of ether oxygens (including phenoxy) is 1. The lowest BCUT2D eigenvalue weighted by atomic mass is 9.89. The van der Waals surface area contributed by atoms with Crippen LogP contribution in [0, 0.1) is 0 Å². The fraction of sp³-hybridized carbons (Fsp3) is 0.462. The minimum absolute atomic E-state index is 0.0410. The number of carbonyl (C=O) groups excluding carboxylic acids is 1. The molecule has 5 N–H and O–H groups in total. The average molecular weight is 266 g/mol. The number of carbonyl (C=O) groups is 1. The topological polar surface area (TPSA) is 105 Å². The van der Waals surface area contributed by atoms with E-state index in [0.717, 1.165) is 0 Å². The van der Waals surface area contributed by atoms with E-state index in [1.54, 1.807) is 0 Å². The third-order valence-corrected chi connectivity index (χ3v) is 3.44. The summed E-state index contributed by atoms with van der Waals surface area (Å²) >= 11 is 0. The number of aromatic hydroxyl groups is 2. The summed E-state index contributed by atoms with van der Waals surface area (Å²) < 4.78 is 5.26. The fourth-order valence-corrected chi connectivity index (χ4v) is 2.16. The number of rotatable bonds is 3. The van der Waals surface area contributed by atoms with Gasteiger partial charge in [0.2, 0.25) is 0 Å². The Hall–Kier alpha value is -1.79. The van der Waals surface area contributed by atoms with Crippen LogP contribution in [0.2, 0.25) is 0 Å². The van der Waals surface area contributed by atoms with E-state index < -0.39 is 11.4 Å². The van der Waals surface area contributed by atoms with Crippen molar-refractivity contribution in [3.63, 3.8) is 0 Å². The van der Waals surface area contributed by atoms with Gasteiger partial charge in [-0.2, -0.15) is 0 Å². The van der Waals surface area contributed by atoms with E-state index in [1.807, 2.05) is 0 Å². The number of nitrogens with one attached hydrogen (secondary N) is 1. The molecule has 1 aromatic rings. The molecule has 2 rings (SSSR count). The van der Waals surface area contributed by atoms with Gasteiger partial charge >= 0.3 is 0 Å². The minimum Gasteiger partial charge on any atom is -0.508 e. The van der Waals surface area contributed by atoms with E-state index in [2.05, 4.69) is 5.32 Å². The van der Waals surface area contributed by atoms with Crippen molar-refractivity contribution in [2.24, 2.45) is 5.73 Å². The molecule has 1 aliphatic rings. The van der Waals surface area contributed by atoms with Crippen molar-refractivity contribution >= 4 is 5.91 Å². The molecule has 0 spiro atoms. The van der Waals surface area contributed by atoms with Gasteiger partial charge in [0.05, 0.1) is 11.1 Å². The van der Waals surface area contributed by atoms with E-state index in [0.29, 0.717) is 32.6 Å². The summed E-state index contributed by atoms with van der Waals surface area (Å²) in [6, 6.07) is 3.83. The van der Waals surface area contributed by atoms with Crippen molar-refractivity contribution in [2.45, 2.75) is 18.4 Å². The highest BCUT2D eigenvalue weighted by Crippen LogP contribution is 2.25. The Balaban J connectivity index is 2.17. The molecule has 0 aromatic heterocycles. The van der Waals surface area contributed by atoms with Crippen molar-refractivity contribution in [3.05, 3.63) is 23.8 Å². The van der Waals surface area contributed by atoms with Crippen molar-refractivity contribution in [2.75, 3.05) is 19.8 Å². The van der Waals surface area contributed by atoms with Gasteiger partial charge in [0.25, 0.3) is 5.91 Å². The zero-order chi connectivity index (χ0) is 13.9. The van der Waals surface area contributed by atoms with Gasteiger partial charge in [0, 0.05) is 19.8 Å². The molecule has 0 bridgehead atoms. The highest BCUT2D eigenvalue weighted by molar-refractivity contribution is 5.97. The van der Waals surface area contributed by atoms with E-state index >= 15 is 0 Å². The standard InChI is InChI=1S/C13H18N2O4/c14-8-13(3-5-19-6-4-13)15-12(18)10-7-9(16)1-2-11(10)17/h1-2,7,16-17H,3-6,8,14H2,(H,15,18). The molecule has 0 unspecified atom stereocenters. The van der Waals surface area contributed by atoms with Crippen molar-refractivity contribution in [1.82, 2.24) is 5.32 Å². The molecular weight excluding hydrogens is 248 g/mol. The normalized spacial score (nSPS) is 17.9. The highest BCUT2D eigenvalue weighted by atomic mass is 16.5. The van der Waals surface area contributed by atoms with Crippen molar-refractivity contribution in [3.8, 4) is 11.5 Å². The van der Waals surface area contributed by atoms with E-state index in [4.69, 9.17) is 10.5 Å². The first-order valence-corrected chi connectivity index (χ1v) is 6.19. The lowest BCUT2D eigenvalue weighted by Crippen LogP contribution is -2.56. The molecule has 0 aliphatic carbocycles. The molecule has 1 amide bonds. The molecule has 0 radical (unpaired) electrons. The minimum atomic E-state index is -0.507. The van der Waals surface area contributed by atoms with Crippen molar-refractivity contribution < 1.29 is 19.7 Å². The molecule has 104 valence electrons. The molecule has 0 atom stereocenters. The SMILES string of the molecule is NCC1(NC(=O)c2cc(O)ccc2O)CCOCC1. The van der Waals surface area contributed by atoms with Gasteiger partial charge < -0.3 is 26.0 Å². The first-order valence-electron chi connectivity index (χ1n) is 6.19. The van der Waals surface area contributed by atoms with Crippen LogP contribution < -0.4 is 11.1 Å². The second kappa shape index (κ2) is 5.46. The van der Waals surface area contributed by atoms with E-state index in [-0.39, 0.29) is 17.1 Å². The predicted molar refractivity (Wildman–Crippen MR) is 69.1 cm³/mol. The Labute approximate surface area is 111 Å². The molecule has 1 saturated heterocycles. The van der Waals surface area contributed by atoms with Gasteiger partial charge in [0.15, 0.2) is 0 Å². The summed E-state index contributed by atoms with van der Waals surface area (Å²) in [6.45, 7) is 1.40. The Kier molecular flexibility index (Phi) is 3.92. The smallest absolute Gasteiger partial charge is 0.255 e. The number of hydrogen-bond acceptors (Lipinski definition) is 5. The monoisotopic (exact) mass is 266 g/mol. The lowest BCUT2D eigenvalue weighted by Gasteiger charge is -2.37. The van der Waals surface area contributed by atoms with Crippen LogP contribution in [0.25, 0.3) is 0 Å². The molecule has 1 heterocycles. The first-order chi connectivity index (χ1) is 9.06. The maximum Gasteiger partial charge on any atom is 0.255 e. The summed E-state index contributed by atoms with van der Waals surface area (Å²) in [5.74, 6) is -0.688. The maximum atomic E-state index is 12.2. The number of phenols is 2.